The van der Waals surface area contributed by atoms with Crippen LogP contribution in [-0.4, -0.2) is 36.6 Å². The highest BCUT2D eigenvalue weighted by molar-refractivity contribution is 4.88. The Balaban J connectivity index is 1.62. The third-order valence-corrected chi connectivity index (χ3v) is 3.41. The molecular weight excluding hydrogens is 172 g/mol. The van der Waals surface area contributed by atoms with Crippen molar-refractivity contribution in [2.24, 2.45) is 5.92 Å². The van der Waals surface area contributed by atoms with Crippen molar-refractivity contribution in [3.8, 4) is 0 Å². The van der Waals surface area contributed by atoms with Crippen LogP contribution >= 0.6 is 0 Å². The Kier molecular flexibility index (Phi) is 3.45. The smallest absolute Gasteiger partial charge is 0.00964 e. The van der Waals surface area contributed by atoms with E-state index in [0.29, 0.717) is 0 Å². The lowest BCUT2D eigenvalue weighted by molar-refractivity contribution is 0.188. The van der Waals surface area contributed by atoms with Crippen LogP contribution in [0.1, 0.15) is 39.5 Å². The number of likely N-dealkylation sites (tertiary alicyclic amines) is 1. The molecule has 0 aromatic heterocycles. The highest BCUT2D eigenvalue weighted by atomic mass is 15.2. The van der Waals surface area contributed by atoms with Gasteiger partial charge in [-0.05, 0) is 51.2 Å². The second-order valence-corrected chi connectivity index (χ2v) is 5.34. The Labute approximate surface area is 88.1 Å². The summed E-state index contributed by atoms with van der Waals surface area (Å²) in [6, 6.07) is 1.77. The van der Waals surface area contributed by atoms with Crippen LogP contribution in [0.3, 0.4) is 0 Å². The molecule has 1 aliphatic carbocycles. The lowest BCUT2D eigenvalue weighted by Gasteiger charge is -2.32. The third kappa shape index (κ3) is 2.96. The third-order valence-electron chi connectivity index (χ3n) is 3.41. The van der Waals surface area contributed by atoms with Crippen LogP contribution in [0, 0.1) is 5.92 Å². The molecule has 14 heavy (non-hydrogen) atoms. The van der Waals surface area contributed by atoms with Gasteiger partial charge in [0.05, 0.1) is 0 Å². The molecule has 1 saturated heterocycles. The highest BCUT2D eigenvalue weighted by Gasteiger charge is 2.31. The molecule has 0 aromatic rings. The van der Waals surface area contributed by atoms with E-state index in [0.717, 1.165) is 18.0 Å². The van der Waals surface area contributed by atoms with Crippen molar-refractivity contribution >= 4 is 0 Å². The Morgan fingerprint density at radius 1 is 1.14 bits per heavy atom. The molecule has 1 N–H and O–H groups in total. The fourth-order valence-corrected chi connectivity index (χ4v) is 2.31. The first-order valence-corrected chi connectivity index (χ1v) is 6.23. The molecule has 2 nitrogen and oxygen atoms in total. The van der Waals surface area contributed by atoms with Crippen LogP contribution < -0.4 is 5.32 Å². The van der Waals surface area contributed by atoms with Gasteiger partial charge in [0.25, 0.3) is 0 Å². The molecule has 0 radical (unpaired) electrons. The molecular formula is C12H24N2. The van der Waals surface area contributed by atoms with E-state index in [9.17, 15) is 0 Å². The van der Waals surface area contributed by atoms with Gasteiger partial charge in [-0.25, -0.2) is 0 Å². The first kappa shape index (κ1) is 10.4. The zero-order valence-electron chi connectivity index (χ0n) is 9.63. The van der Waals surface area contributed by atoms with Crippen molar-refractivity contribution in [1.29, 1.82) is 0 Å². The molecule has 2 fully saturated rings. The maximum atomic E-state index is 3.67. The molecule has 82 valence electrons. The average Bonchev–Trinajstić information content (AvgIpc) is 2.99. The monoisotopic (exact) mass is 196 g/mol. The van der Waals surface area contributed by atoms with E-state index < -0.39 is 0 Å². The molecule has 2 aliphatic rings. The van der Waals surface area contributed by atoms with Gasteiger partial charge < -0.3 is 10.2 Å². The maximum absolute atomic E-state index is 3.67. The average molecular weight is 196 g/mol. The fourth-order valence-electron chi connectivity index (χ4n) is 2.31. The summed E-state index contributed by atoms with van der Waals surface area (Å²) < 4.78 is 0. The van der Waals surface area contributed by atoms with Gasteiger partial charge >= 0.3 is 0 Å². The molecule has 0 bridgehead atoms. The van der Waals surface area contributed by atoms with E-state index in [2.05, 4.69) is 24.1 Å². The van der Waals surface area contributed by atoms with Crippen LogP contribution in [0.4, 0.5) is 0 Å². The zero-order chi connectivity index (χ0) is 9.97. The molecule has 2 heteroatoms. The topological polar surface area (TPSA) is 15.3 Å². The lowest BCUT2D eigenvalue weighted by Crippen LogP contribution is -2.44. The molecule has 1 saturated carbocycles. The predicted molar refractivity (Wildman–Crippen MR) is 60.5 cm³/mol. The second kappa shape index (κ2) is 4.63. The summed E-state index contributed by atoms with van der Waals surface area (Å²) >= 11 is 0. The SMILES string of the molecule is CC(C)CNC1CCN(C2CC2)CC1. The first-order valence-electron chi connectivity index (χ1n) is 6.23. The highest BCUT2D eigenvalue weighted by Crippen LogP contribution is 2.29. The van der Waals surface area contributed by atoms with Crippen LogP contribution in [0.15, 0.2) is 0 Å². The number of hydrogen-bond acceptors (Lipinski definition) is 2. The summed E-state index contributed by atoms with van der Waals surface area (Å²) in [5, 5.41) is 3.67. The normalized spacial score (nSPS) is 25.9. The van der Waals surface area contributed by atoms with Gasteiger partial charge in [-0.2, -0.15) is 0 Å². The molecule has 0 aromatic carbocycles. The zero-order valence-corrected chi connectivity index (χ0v) is 9.63. The van der Waals surface area contributed by atoms with E-state index in [-0.39, 0.29) is 0 Å². The maximum Gasteiger partial charge on any atom is 0.00964 e. The predicted octanol–water partition coefficient (Wildman–Crippen LogP) is 1.86. The quantitative estimate of drug-likeness (QED) is 0.738. The Morgan fingerprint density at radius 2 is 1.79 bits per heavy atom. The van der Waals surface area contributed by atoms with Crippen molar-refractivity contribution in [3.63, 3.8) is 0 Å². The van der Waals surface area contributed by atoms with Crippen LogP contribution in [-0.2, 0) is 0 Å². The van der Waals surface area contributed by atoms with Gasteiger partial charge in [-0.3, -0.25) is 0 Å². The lowest BCUT2D eigenvalue weighted by atomic mass is 10.0. The molecule has 0 amide bonds. The Bertz CT molecular complexity index is 167. The second-order valence-electron chi connectivity index (χ2n) is 5.34. The van der Waals surface area contributed by atoms with E-state index in [1.807, 2.05) is 0 Å². The van der Waals surface area contributed by atoms with Crippen molar-refractivity contribution in [1.82, 2.24) is 10.2 Å². The number of hydrogen-bond donors (Lipinski definition) is 1. The number of rotatable bonds is 4. The van der Waals surface area contributed by atoms with Crippen molar-refractivity contribution < 1.29 is 0 Å². The molecule has 0 spiro atoms. The number of nitrogens with one attached hydrogen (secondary N) is 1. The number of nitrogens with zero attached hydrogens (tertiary/aromatic N) is 1. The van der Waals surface area contributed by atoms with Gasteiger partial charge in [0, 0.05) is 12.1 Å². The van der Waals surface area contributed by atoms with Crippen molar-refractivity contribution in [2.75, 3.05) is 19.6 Å². The van der Waals surface area contributed by atoms with Crippen LogP contribution in [0.5, 0.6) is 0 Å². The minimum atomic E-state index is 0.788. The van der Waals surface area contributed by atoms with Crippen molar-refractivity contribution in [3.05, 3.63) is 0 Å². The fraction of sp³-hybridized carbons (Fsp3) is 1.00. The standard InChI is InChI=1S/C12H24N2/c1-10(2)9-13-11-5-7-14(8-6-11)12-3-4-12/h10-13H,3-9H2,1-2H3. The van der Waals surface area contributed by atoms with Gasteiger partial charge in [0.1, 0.15) is 0 Å². The van der Waals surface area contributed by atoms with Crippen molar-refractivity contribution in [2.45, 2.75) is 51.6 Å². The summed E-state index contributed by atoms with van der Waals surface area (Å²) in [4.78, 5) is 2.69. The largest absolute Gasteiger partial charge is 0.314 e. The molecule has 2 rings (SSSR count). The van der Waals surface area contributed by atoms with Gasteiger partial charge in [-0.15, -0.1) is 0 Å². The summed E-state index contributed by atoms with van der Waals surface area (Å²) in [7, 11) is 0. The van der Waals surface area contributed by atoms with Gasteiger partial charge in [0.2, 0.25) is 0 Å². The van der Waals surface area contributed by atoms with Crippen LogP contribution in [0.25, 0.3) is 0 Å². The summed E-state index contributed by atoms with van der Waals surface area (Å²) in [5.74, 6) is 0.788. The van der Waals surface area contributed by atoms with Gasteiger partial charge in [-0.1, -0.05) is 13.8 Å². The summed E-state index contributed by atoms with van der Waals surface area (Å²) in [5.41, 5.74) is 0. The van der Waals surface area contributed by atoms with Gasteiger partial charge in [0.15, 0.2) is 0 Å². The molecule has 1 heterocycles. The Hall–Kier alpha value is -0.0800. The van der Waals surface area contributed by atoms with E-state index >= 15 is 0 Å². The summed E-state index contributed by atoms with van der Waals surface area (Å²) in [6.45, 7) is 8.42. The number of piperidine rings is 1. The van der Waals surface area contributed by atoms with Crippen LogP contribution in [0.2, 0.25) is 0 Å². The summed E-state index contributed by atoms with van der Waals surface area (Å²) in [6.07, 6.45) is 5.65. The molecule has 1 aliphatic heterocycles. The molecule has 0 unspecified atom stereocenters. The first-order chi connectivity index (χ1) is 6.75. The van der Waals surface area contributed by atoms with E-state index in [1.165, 1.54) is 45.3 Å². The van der Waals surface area contributed by atoms with E-state index in [1.54, 1.807) is 0 Å². The van der Waals surface area contributed by atoms with E-state index in [4.69, 9.17) is 0 Å². The minimum absolute atomic E-state index is 0.788. The minimum Gasteiger partial charge on any atom is -0.314 e. The molecule has 0 atom stereocenters. The Morgan fingerprint density at radius 3 is 2.29 bits per heavy atom.